The van der Waals surface area contributed by atoms with Crippen molar-refractivity contribution in [1.82, 2.24) is 0 Å². The zero-order valence-electron chi connectivity index (χ0n) is 19.9. The van der Waals surface area contributed by atoms with Crippen molar-refractivity contribution in [3.63, 3.8) is 0 Å². The molecule has 2 aromatic carbocycles. The molecule has 32 heavy (non-hydrogen) atoms. The first-order valence-corrected chi connectivity index (χ1v) is 12.9. The summed E-state index contributed by atoms with van der Waals surface area (Å²) >= 11 is 0. The molecule has 0 bridgehead atoms. The predicted molar refractivity (Wildman–Crippen MR) is 130 cm³/mol. The van der Waals surface area contributed by atoms with Crippen LogP contribution in [0.3, 0.4) is 0 Å². The number of carbonyl (C=O) groups is 1. The quantitative estimate of drug-likeness (QED) is 0.305. The molecule has 2 nitrogen and oxygen atoms in total. The SMILES string of the molecule is CCCCCCCC1CC[C@@H]2CC(c3ccc4cc(C(=O)OC)ccc4c3F)CC[C@H]2C1. The fraction of sp³-hybridized carbons (Fsp3) is 0.621. The highest BCUT2D eigenvalue weighted by Gasteiger charge is 2.36. The third kappa shape index (κ3) is 5.18. The van der Waals surface area contributed by atoms with E-state index in [1.807, 2.05) is 12.1 Å². The van der Waals surface area contributed by atoms with Crippen molar-refractivity contribution in [2.45, 2.75) is 89.9 Å². The monoisotopic (exact) mass is 438 g/mol. The van der Waals surface area contributed by atoms with E-state index in [4.69, 9.17) is 4.74 Å². The Morgan fingerprint density at radius 2 is 1.75 bits per heavy atom. The lowest BCUT2D eigenvalue weighted by Gasteiger charge is -2.42. The van der Waals surface area contributed by atoms with Crippen molar-refractivity contribution in [3.8, 4) is 0 Å². The zero-order valence-corrected chi connectivity index (χ0v) is 19.9. The molecule has 2 aromatic rings. The third-order valence-electron chi connectivity index (χ3n) is 8.28. The Morgan fingerprint density at radius 1 is 0.969 bits per heavy atom. The minimum absolute atomic E-state index is 0.0943. The van der Waals surface area contributed by atoms with Gasteiger partial charge in [0.1, 0.15) is 5.82 Å². The number of esters is 1. The summed E-state index contributed by atoms with van der Waals surface area (Å²) in [6.45, 7) is 2.28. The number of hydrogen-bond acceptors (Lipinski definition) is 2. The molecular weight excluding hydrogens is 399 g/mol. The Kier molecular flexibility index (Phi) is 7.86. The molecule has 0 spiro atoms. The van der Waals surface area contributed by atoms with E-state index in [0.29, 0.717) is 16.9 Å². The van der Waals surface area contributed by atoms with E-state index in [1.54, 1.807) is 18.2 Å². The standard InChI is InChI=1S/C29H39FO2/c1-3-4-5-6-7-8-20-9-10-22-18-23(12-11-21(22)17-20)26-15-13-24-19-25(29(31)32-2)14-16-27(24)28(26)30/h13-16,19-23H,3-12,17-18H2,1-2H3/t20?,21-,22+,23?/m0/s1. The van der Waals surface area contributed by atoms with Gasteiger partial charge in [0.15, 0.2) is 0 Å². The highest BCUT2D eigenvalue weighted by molar-refractivity contribution is 5.95. The van der Waals surface area contributed by atoms with Gasteiger partial charge in [0.05, 0.1) is 12.7 Å². The number of halogens is 1. The van der Waals surface area contributed by atoms with Crippen molar-refractivity contribution in [2.24, 2.45) is 17.8 Å². The average molecular weight is 439 g/mol. The van der Waals surface area contributed by atoms with E-state index in [0.717, 1.165) is 41.5 Å². The van der Waals surface area contributed by atoms with Crippen LogP contribution in [0.25, 0.3) is 10.8 Å². The van der Waals surface area contributed by atoms with Gasteiger partial charge in [-0.1, -0.05) is 70.1 Å². The summed E-state index contributed by atoms with van der Waals surface area (Å²) in [5, 5.41) is 1.38. The first kappa shape index (κ1) is 23.3. The molecule has 3 heteroatoms. The molecule has 2 fully saturated rings. The molecule has 2 aliphatic rings. The van der Waals surface area contributed by atoms with Crippen LogP contribution in [0.15, 0.2) is 30.3 Å². The Labute approximate surface area is 192 Å². The summed E-state index contributed by atoms with van der Waals surface area (Å²) in [7, 11) is 1.37. The van der Waals surface area contributed by atoms with E-state index in [-0.39, 0.29) is 11.8 Å². The largest absolute Gasteiger partial charge is 0.465 e. The second kappa shape index (κ2) is 10.8. The highest BCUT2D eigenvalue weighted by Crippen LogP contribution is 2.49. The van der Waals surface area contributed by atoms with E-state index < -0.39 is 0 Å². The maximum absolute atomic E-state index is 15.5. The molecule has 2 saturated carbocycles. The smallest absolute Gasteiger partial charge is 0.337 e. The summed E-state index contributed by atoms with van der Waals surface area (Å²) in [6.07, 6.45) is 15.9. The lowest BCUT2D eigenvalue weighted by molar-refractivity contribution is 0.0601. The van der Waals surface area contributed by atoms with Gasteiger partial charge in [-0.15, -0.1) is 0 Å². The van der Waals surface area contributed by atoms with Gasteiger partial charge in [-0.25, -0.2) is 9.18 Å². The second-order valence-electron chi connectivity index (χ2n) is 10.3. The molecule has 0 aliphatic heterocycles. The third-order valence-corrected chi connectivity index (χ3v) is 8.28. The van der Waals surface area contributed by atoms with Crippen molar-refractivity contribution >= 4 is 16.7 Å². The summed E-state index contributed by atoms with van der Waals surface area (Å²) < 4.78 is 20.3. The lowest BCUT2D eigenvalue weighted by Crippen LogP contribution is -2.30. The predicted octanol–water partition coefficient (Wildman–Crippen LogP) is 8.43. The van der Waals surface area contributed by atoms with Gasteiger partial charge < -0.3 is 4.74 Å². The number of methoxy groups -OCH3 is 1. The first-order chi connectivity index (χ1) is 15.6. The summed E-state index contributed by atoms with van der Waals surface area (Å²) in [5.41, 5.74) is 1.34. The molecule has 4 rings (SSSR count). The van der Waals surface area contributed by atoms with Crippen LogP contribution in [0.1, 0.15) is 106 Å². The highest BCUT2D eigenvalue weighted by atomic mass is 19.1. The molecule has 0 heterocycles. The number of rotatable bonds is 8. The Hall–Kier alpha value is -1.90. The summed E-state index contributed by atoms with van der Waals surface area (Å²) in [6, 6.07) is 9.07. The molecule has 174 valence electrons. The average Bonchev–Trinajstić information content (AvgIpc) is 2.83. The van der Waals surface area contributed by atoms with Crippen LogP contribution < -0.4 is 0 Å². The van der Waals surface area contributed by atoms with Crippen LogP contribution in [0, 0.1) is 23.6 Å². The van der Waals surface area contributed by atoms with Crippen LogP contribution in [0.2, 0.25) is 0 Å². The Bertz CT molecular complexity index is 921. The number of benzene rings is 2. The van der Waals surface area contributed by atoms with Gasteiger partial charge in [0, 0.05) is 5.39 Å². The van der Waals surface area contributed by atoms with E-state index >= 15 is 4.39 Å². The second-order valence-corrected chi connectivity index (χ2v) is 10.3. The van der Waals surface area contributed by atoms with Crippen molar-refractivity contribution < 1.29 is 13.9 Å². The molecule has 2 aliphatic carbocycles. The number of unbranched alkanes of at least 4 members (excludes halogenated alkanes) is 4. The van der Waals surface area contributed by atoms with Crippen molar-refractivity contribution in [2.75, 3.05) is 7.11 Å². The van der Waals surface area contributed by atoms with Gasteiger partial charge in [-0.2, -0.15) is 0 Å². The van der Waals surface area contributed by atoms with Crippen LogP contribution in [-0.2, 0) is 4.74 Å². The van der Waals surface area contributed by atoms with Crippen LogP contribution in [0.4, 0.5) is 4.39 Å². The van der Waals surface area contributed by atoms with E-state index in [9.17, 15) is 4.79 Å². The zero-order chi connectivity index (χ0) is 22.5. The minimum Gasteiger partial charge on any atom is -0.465 e. The summed E-state index contributed by atoms with van der Waals surface area (Å²) in [4.78, 5) is 11.8. The molecule has 0 radical (unpaired) electrons. The normalized spacial score (nSPS) is 25.5. The maximum atomic E-state index is 15.5. The molecule has 2 unspecified atom stereocenters. The van der Waals surface area contributed by atoms with Gasteiger partial charge in [-0.05, 0) is 78.9 Å². The molecule has 0 aromatic heterocycles. The lowest BCUT2D eigenvalue weighted by atomic mass is 9.63. The molecule has 0 N–H and O–H groups in total. The fourth-order valence-corrected chi connectivity index (χ4v) is 6.44. The number of carbonyl (C=O) groups excluding carboxylic acids is 1. The first-order valence-electron chi connectivity index (χ1n) is 12.9. The van der Waals surface area contributed by atoms with Crippen LogP contribution >= 0.6 is 0 Å². The number of ether oxygens (including phenoxy) is 1. The van der Waals surface area contributed by atoms with Crippen LogP contribution in [-0.4, -0.2) is 13.1 Å². The molecule has 4 atom stereocenters. The number of fused-ring (bicyclic) bond motifs is 2. The van der Waals surface area contributed by atoms with Crippen LogP contribution in [0.5, 0.6) is 0 Å². The van der Waals surface area contributed by atoms with E-state index in [1.165, 1.54) is 71.3 Å². The van der Waals surface area contributed by atoms with E-state index in [2.05, 4.69) is 6.92 Å². The molecule has 0 saturated heterocycles. The van der Waals surface area contributed by atoms with Gasteiger partial charge in [0.2, 0.25) is 0 Å². The molecule has 0 amide bonds. The summed E-state index contributed by atoms with van der Waals surface area (Å²) in [5.74, 6) is 2.39. The Morgan fingerprint density at radius 3 is 2.56 bits per heavy atom. The topological polar surface area (TPSA) is 26.3 Å². The van der Waals surface area contributed by atoms with Gasteiger partial charge >= 0.3 is 5.97 Å². The maximum Gasteiger partial charge on any atom is 0.337 e. The Balaban J connectivity index is 1.37. The van der Waals surface area contributed by atoms with Crippen molar-refractivity contribution in [3.05, 3.63) is 47.3 Å². The number of hydrogen-bond donors (Lipinski definition) is 0. The van der Waals surface area contributed by atoms with Gasteiger partial charge in [0.25, 0.3) is 0 Å². The van der Waals surface area contributed by atoms with Crippen molar-refractivity contribution in [1.29, 1.82) is 0 Å². The minimum atomic E-state index is -0.383. The van der Waals surface area contributed by atoms with Gasteiger partial charge in [-0.3, -0.25) is 0 Å². The fourth-order valence-electron chi connectivity index (χ4n) is 6.44. The molecular formula is C29H39FO2.